The molecule has 1 N–H and O–H groups in total. The molecule has 1 aliphatic carbocycles. The van der Waals surface area contributed by atoms with E-state index >= 15 is 0 Å². The Bertz CT molecular complexity index is 266. The fourth-order valence-corrected chi connectivity index (χ4v) is 2.62. The van der Waals surface area contributed by atoms with Gasteiger partial charge in [-0.2, -0.15) is 0 Å². The van der Waals surface area contributed by atoms with Crippen molar-refractivity contribution in [3.8, 4) is 0 Å². The van der Waals surface area contributed by atoms with E-state index in [1.807, 2.05) is 4.90 Å². The molecule has 2 aliphatic rings. The first-order valence-corrected chi connectivity index (χ1v) is 6.62. The third-order valence-corrected chi connectivity index (χ3v) is 3.87. The molecular formula is C12H20ClNO2. The number of carbonyl (C=O) groups is 1. The average molecular weight is 246 g/mol. The van der Waals surface area contributed by atoms with Crippen LogP contribution in [-0.4, -0.2) is 40.5 Å². The van der Waals surface area contributed by atoms with Gasteiger partial charge in [0.1, 0.15) is 5.38 Å². The summed E-state index contributed by atoms with van der Waals surface area (Å²) in [5.41, 5.74) is 0. The predicted octanol–water partition coefficient (Wildman–Crippen LogP) is 1.62. The summed E-state index contributed by atoms with van der Waals surface area (Å²) in [4.78, 5) is 13.6. The van der Waals surface area contributed by atoms with Gasteiger partial charge in [0.05, 0.1) is 6.10 Å². The highest BCUT2D eigenvalue weighted by Gasteiger charge is 2.35. The summed E-state index contributed by atoms with van der Waals surface area (Å²) in [6.45, 7) is 3.05. The first kappa shape index (κ1) is 12.2. The SMILES string of the molecule is C[C@H](Cl)C(=O)N1CC[C@H](O)[C@@H](CC2CC2)C1. The van der Waals surface area contributed by atoms with Crippen molar-refractivity contribution in [3.05, 3.63) is 0 Å². The Labute approximate surface area is 102 Å². The molecule has 1 saturated carbocycles. The van der Waals surface area contributed by atoms with E-state index in [2.05, 4.69) is 0 Å². The zero-order valence-electron chi connectivity index (χ0n) is 9.73. The Morgan fingerprint density at radius 3 is 2.75 bits per heavy atom. The van der Waals surface area contributed by atoms with Gasteiger partial charge in [-0.25, -0.2) is 0 Å². The van der Waals surface area contributed by atoms with Gasteiger partial charge in [-0.1, -0.05) is 12.8 Å². The number of aliphatic hydroxyl groups excluding tert-OH is 1. The maximum absolute atomic E-state index is 11.8. The Hall–Kier alpha value is -0.280. The summed E-state index contributed by atoms with van der Waals surface area (Å²) in [5.74, 6) is 1.07. The molecule has 3 atom stereocenters. The third-order valence-electron chi connectivity index (χ3n) is 3.68. The van der Waals surface area contributed by atoms with Gasteiger partial charge in [-0.15, -0.1) is 11.6 Å². The minimum Gasteiger partial charge on any atom is -0.393 e. The molecule has 4 heteroatoms. The van der Waals surface area contributed by atoms with E-state index in [1.165, 1.54) is 12.8 Å². The Morgan fingerprint density at radius 2 is 2.19 bits per heavy atom. The van der Waals surface area contributed by atoms with Crippen LogP contribution in [0.25, 0.3) is 0 Å². The van der Waals surface area contributed by atoms with Gasteiger partial charge in [0, 0.05) is 19.0 Å². The lowest BCUT2D eigenvalue weighted by Crippen LogP contribution is -2.48. The molecule has 2 fully saturated rings. The van der Waals surface area contributed by atoms with Crippen molar-refractivity contribution in [3.63, 3.8) is 0 Å². The highest BCUT2D eigenvalue weighted by Crippen LogP contribution is 2.37. The summed E-state index contributed by atoms with van der Waals surface area (Å²) in [5, 5.41) is 9.47. The normalized spacial score (nSPS) is 32.6. The number of likely N-dealkylation sites (tertiary alicyclic amines) is 1. The lowest BCUT2D eigenvalue weighted by molar-refractivity contribution is -0.134. The van der Waals surface area contributed by atoms with E-state index < -0.39 is 5.38 Å². The van der Waals surface area contributed by atoms with Crippen molar-refractivity contribution in [1.29, 1.82) is 0 Å². The zero-order valence-corrected chi connectivity index (χ0v) is 10.5. The van der Waals surface area contributed by atoms with Crippen LogP contribution in [-0.2, 0) is 4.79 Å². The number of rotatable bonds is 3. The average Bonchev–Trinajstić information content (AvgIpc) is 3.04. The van der Waals surface area contributed by atoms with E-state index in [9.17, 15) is 9.90 Å². The first-order valence-electron chi connectivity index (χ1n) is 6.19. The van der Waals surface area contributed by atoms with Crippen molar-refractivity contribution < 1.29 is 9.90 Å². The van der Waals surface area contributed by atoms with Crippen LogP contribution in [0.1, 0.15) is 32.6 Å². The first-order chi connectivity index (χ1) is 7.58. The number of hydrogen-bond acceptors (Lipinski definition) is 2. The number of piperidine rings is 1. The molecule has 0 spiro atoms. The monoisotopic (exact) mass is 245 g/mol. The van der Waals surface area contributed by atoms with Crippen LogP contribution >= 0.6 is 11.6 Å². The van der Waals surface area contributed by atoms with Gasteiger partial charge >= 0.3 is 0 Å². The molecule has 0 bridgehead atoms. The number of alkyl halides is 1. The second-order valence-electron chi connectivity index (χ2n) is 5.20. The minimum absolute atomic E-state index is 0.00867. The van der Waals surface area contributed by atoms with Crippen LogP contribution in [0, 0.1) is 11.8 Å². The van der Waals surface area contributed by atoms with Gasteiger partial charge < -0.3 is 10.0 Å². The molecule has 0 aromatic carbocycles. The van der Waals surface area contributed by atoms with Crippen LogP contribution in [0.5, 0.6) is 0 Å². The highest BCUT2D eigenvalue weighted by molar-refractivity contribution is 6.30. The van der Waals surface area contributed by atoms with Crippen LogP contribution in [0.4, 0.5) is 0 Å². The maximum Gasteiger partial charge on any atom is 0.240 e. The van der Waals surface area contributed by atoms with E-state index in [4.69, 9.17) is 11.6 Å². The van der Waals surface area contributed by atoms with E-state index in [1.54, 1.807) is 6.92 Å². The number of carbonyl (C=O) groups excluding carboxylic acids is 1. The summed E-state index contributed by atoms with van der Waals surface area (Å²) in [6.07, 6.45) is 4.14. The molecule has 2 rings (SSSR count). The summed E-state index contributed by atoms with van der Waals surface area (Å²) in [6, 6.07) is 0. The van der Waals surface area contributed by atoms with Crippen molar-refractivity contribution in [2.75, 3.05) is 13.1 Å². The zero-order chi connectivity index (χ0) is 11.7. The Kier molecular flexibility index (Phi) is 3.75. The van der Waals surface area contributed by atoms with Gasteiger partial charge in [0.15, 0.2) is 0 Å². The van der Waals surface area contributed by atoms with E-state index in [0.29, 0.717) is 19.5 Å². The number of hydrogen-bond donors (Lipinski definition) is 1. The number of halogens is 1. The number of nitrogens with zero attached hydrogens (tertiary/aromatic N) is 1. The second-order valence-corrected chi connectivity index (χ2v) is 5.85. The molecule has 16 heavy (non-hydrogen) atoms. The van der Waals surface area contributed by atoms with Crippen molar-refractivity contribution >= 4 is 17.5 Å². The standard InChI is InChI=1S/C12H20ClNO2/c1-8(13)12(16)14-5-4-11(15)10(7-14)6-9-2-3-9/h8-11,15H,2-7H2,1H3/t8-,10-,11-/m0/s1. The van der Waals surface area contributed by atoms with Crippen LogP contribution in [0.2, 0.25) is 0 Å². The minimum atomic E-state index is -0.447. The molecule has 1 aliphatic heterocycles. The second kappa shape index (κ2) is 4.92. The van der Waals surface area contributed by atoms with E-state index in [-0.39, 0.29) is 17.9 Å². The van der Waals surface area contributed by atoms with Crippen molar-refractivity contribution in [1.82, 2.24) is 4.90 Å². The van der Waals surface area contributed by atoms with Gasteiger partial charge in [-0.05, 0) is 25.7 Å². The fourth-order valence-electron chi connectivity index (χ4n) is 2.48. The highest BCUT2D eigenvalue weighted by atomic mass is 35.5. The fraction of sp³-hybridized carbons (Fsp3) is 0.917. The summed E-state index contributed by atoms with van der Waals surface area (Å²) < 4.78 is 0. The predicted molar refractivity (Wildman–Crippen MR) is 63.3 cm³/mol. The molecular weight excluding hydrogens is 226 g/mol. The lowest BCUT2D eigenvalue weighted by Gasteiger charge is -2.37. The van der Waals surface area contributed by atoms with E-state index in [0.717, 1.165) is 12.3 Å². The smallest absolute Gasteiger partial charge is 0.240 e. The quantitative estimate of drug-likeness (QED) is 0.768. The molecule has 3 nitrogen and oxygen atoms in total. The maximum atomic E-state index is 11.8. The van der Waals surface area contributed by atoms with Crippen LogP contribution in [0.3, 0.4) is 0 Å². The molecule has 0 radical (unpaired) electrons. The largest absolute Gasteiger partial charge is 0.393 e. The molecule has 92 valence electrons. The molecule has 1 heterocycles. The van der Waals surface area contributed by atoms with Gasteiger partial charge in [0.2, 0.25) is 5.91 Å². The number of aliphatic hydroxyl groups is 1. The van der Waals surface area contributed by atoms with Crippen LogP contribution < -0.4 is 0 Å². The lowest BCUT2D eigenvalue weighted by atomic mass is 9.89. The summed E-state index contributed by atoms with van der Waals surface area (Å²) in [7, 11) is 0. The molecule has 1 saturated heterocycles. The third kappa shape index (κ3) is 2.89. The topological polar surface area (TPSA) is 40.5 Å². The molecule has 0 aromatic rings. The van der Waals surface area contributed by atoms with Crippen molar-refractivity contribution in [2.45, 2.75) is 44.1 Å². The molecule has 0 unspecified atom stereocenters. The summed E-state index contributed by atoms with van der Waals surface area (Å²) >= 11 is 5.81. The van der Waals surface area contributed by atoms with Crippen LogP contribution in [0.15, 0.2) is 0 Å². The van der Waals surface area contributed by atoms with Gasteiger partial charge in [0.25, 0.3) is 0 Å². The Balaban J connectivity index is 1.90. The Morgan fingerprint density at radius 1 is 1.50 bits per heavy atom. The molecule has 0 aromatic heterocycles. The number of amides is 1. The van der Waals surface area contributed by atoms with Gasteiger partial charge in [-0.3, -0.25) is 4.79 Å². The molecule has 1 amide bonds. The van der Waals surface area contributed by atoms with Crippen molar-refractivity contribution in [2.24, 2.45) is 11.8 Å².